The molecule has 2 nitrogen and oxygen atoms in total. The van der Waals surface area contributed by atoms with E-state index in [1.54, 1.807) is 18.7 Å². The lowest BCUT2D eigenvalue weighted by Gasteiger charge is -2.37. The van der Waals surface area contributed by atoms with Crippen molar-refractivity contribution in [2.75, 3.05) is 0 Å². The summed E-state index contributed by atoms with van der Waals surface area (Å²) >= 11 is 1.58. The lowest BCUT2D eigenvalue weighted by atomic mass is 9.82. The minimum absolute atomic E-state index is 0.0535. The number of carbonyl (C=O) groups excluding carboxylic acids is 2. The predicted octanol–water partition coefficient (Wildman–Crippen LogP) is 5.01. The summed E-state index contributed by atoms with van der Waals surface area (Å²) < 4.78 is -0.277. The molecule has 0 N–H and O–H groups in total. The van der Waals surface area contributed by atoms with Crippen LogP contribution in [0.4, 0.5) is 0 Å². The Morgan fingerprint density at radius 1 is 1.10 bits per heavy atom. The van der Waals surface area contributed by atoms with Crippen molar-refractivity contribution in [3.05, 3.63) is 29.8 Å². The third-order valence-corrected chi connectivity index (χ3v) is 5.09. The summed E-state index contributed by atoms with van der Waals surface area (Å²) in [5.41, 5.74) is 0.263. The van der Waals surface area contributed by atoms with Gasteiger partial charge in [-0.05, 0) is 26.8 Å². The highest BCUT2D eigenvalue weighted by molar-refractivity contribution is 8.00. The summed E-state index contributed by atoms with van der Waals surface area (Å²) in [7, 11) is 0. The van der Waals surface area contributed by atoms with Crippen LogP contribution in [-0.2, 0) is 4.79 Å². The Kier molecular flexibility index (Phi) is 7.21. The average molecular weight is 294 g/mol. The Labute approximate surface area is 127 Å². The van der Waals surface area contributed by atoms with Crippen LogP contribution < -0.4 is 0 Å². The van der Waals surface area contributed by atoms with Crippen LogP contribution in [0.3, 0.4) is 0 Å². The van der Waals surface area contributed by atoms with Gasteiger partial charge in [0.2, 0.25) is 0 Å². The minimum atomic E-state index is -0.457. The summed E-state index contributed by atoms with van der Waals surface area (Å²) in [6.07, 6.45) is 0.983. The second-order valence-electron chi connectivity index (χ2n) is 5.50. The van der Waals surface area contributed by atoms with Crippen LogP contribution in [0.15, 0.2) is 29.2 Å². The fourth-order valence-corrected chi connectivity index (χ4v) is 2.72. The van der Waals surface area contributed by atoms with Crippen LogP contribution in [0.5, 0.6) is 0 Å². The van der Waals surface area contributed by atoms with Crippen LogP contribution in [0.1, 0.15) is 58.8 Å². The van der Waals surface area contributed by atoms with Gasteiger partial charge in [-0.3, -0.25) is 4.79 Å². The van der Waals surface area contributed by atoms with Gasteiger partial charge < -0.3 is 4.79 Å². The molecule has 0 aliphatic heterocycles. The van der Waals surface area contributed by atoms with Crippen LogP contribution in [0.25, 0.3) is 0 Å². The summed E-state index contributed by atoms with van der Waals surface area (Å²) in [5.74, 6) is 0.0535. The molecule has 20 heavy (non-hydrogen) atoms. The maximum Gasteiger partial charge on any atom is 0.160 e. The number of hydrogen-bond acceptors (Lipinski definition) is 3. The Hall–Kier alpha value is -1.09. The number of carbonyl (C=O) groups is 2. The molecule has 0 aliphatic rings. The molecule has 1 aromatic rings. The number of aldehydes is 1. The molecule has 1 aromatic carbocycles. The van der Waals surface area contributed by atoms with E-state index in [0.29, 0.717) is 0 Å². The third kappa shape index (κ3) is 4.48. The highest BCUT2D eigenvalue weighted by Crippen LogP contribution is 2.45. The number of Topliss-reactive ketones (excluding diaryl/α,β-unsaturated/α-hetero) is 1. The predicted molar refractivity (Wildman–Crippen MR) is 87.6 cm³/mol. The van der Waals surface area contributed by atoms with E-state index < -0.39 is 5.41 Å². The van der Waals surface area contributed by atoms with Gasteiger partial charge in [-0.25, -0.2) is 0 Å². The number of ketones is 1. The summed E-state index contributed by atoms with van der Waals surface area (Å²) in [4.78, 5) is 23.7. The molecule has 0 spiro atoms. The number of thioether (sulfide) groups is 1. The average Bonchev–Trinajstić information content (AvgIpc) is 2.40. The molecule has 0 saturated heterocycles. The fraction of sp³-hybridized carbons (Fsp3) is 0.529. The van der Waals surface area contributed by atoms with Gasteiger partial charge >= 0.3 is 0 Å². The number of rotatable bonds is 5. The second-order valence-corrected chi connectivity index (χ2v) is 7.17. The summed E-state index contributed by atoms with van der Waals surface area (Å²) in [6.45, 7) is 13.5. The fourth-order valence-electron chi connectivity index (χ4n) is 1.39. The molecule has 3 heteroatoms. The first-order valence-corrected chi connectivity index (χ1v) is 7.78. The van der Waals surface area contributed by atoms with E-state index in [2.05, 4.69) is 0 Å². The van der Waals surface area contributed by atoms with Gasteiger partial charge in [-0.1, -0.05) is 45.9 Å². The van der Waals surface area contributed by atoms with Gasteiger partial charge in [-0.2, -0.15) is 0 Å². The van der Waals surface area contributed by atoms with Gasteiger partial charge in [0.1, 0.15) is 6.29 Å². The Morgan fingerprint density at radius 2 is 1.60 bits per heavy atom. The molecule has 0 aromatic heterocycles. The van der Waals surface area contributed by atoms with Gasteiger partial charge in [-0.15, -0.1) is 11.8 Å². The molecule has 0 amide bonds. The Balaban J connectivity index is 0.00000172. The van der Waals surface area contributed by atoms with Gasteiger partial charge in [0.15, 0.2) is 5.78 Å². The van der Waals surface area contributed by atoms with Crippen molar-refractivity contribution >= 4 is 23.8 Å². The second kappa shape index (κ2) is 7.63. The van der Waals surface area contributed by atoms with E-state index in [-0.39, 0.29) is 10.5 Å². The van der Waals surface area contributed by atoms with E-state index in [4.69, 9.17) is 0 Å². The Morgan fingerprint density at radius 3 is 2.05 bits per heavy atom. The van der Waals surface area contributed by atoms with Gasteiger partial charge in [0.05, 0.1) is 0 Å². The first-order chi connectivity index (χ1) is 9.21. The van der Waals surface area contributed by atoms with Gasteiger partial charge in [0.25, 0.3) is 0 Å². The highest BCUT2D eigenvalue weighted by atomic mass is 32.2. The van der Waals surface area contributed by atoms with Crippen molar-refractivity contribution in [3.8, 4) is 0 Å². The molecule has 0 fully saturated rings. The third-order valence-electron chi connectivity index (χ3n) is 3.48. The number of hydrogen-bond donors (Lipinski definition) is 0. The molecule has 0 radical (unpaired) electrons. The highest BCUT2D eigenvalue weighted by Gasteiger charge is 2.38. The monoisotopic (exact) mass is 294 g/mol. The van der Waals surface area contributed by atoms with Crippen LogP contribution in [0, 0.1) is 5.41 Å². The molecule has 0 atom stereocenters. The van der Waals surface area contributed by atoms with Crippen LogP contribution in [-0.4, -0.2) is 16.8 Å². The first-order valence-electron chi connectivity index (χ1n) is 6.96. The topological polar surface area (TPSA) is 34.1 Å². The van der Waals surface area contributed by atoms with Crippen molar-refractivity contribution in [3.63, 3.8) is 0 Å². The number of benzene rings is 1. The van der Waals surface area contributed by atoms with Crippen molar-refractivity contribution in [1.82, 2.24) is 0 Å². The van der Waals surface area contributed by atoms with Gasteiger partial charge in [0, 0.05) is 20.6 Å². The van der Waals surface area contributed by atoms with E-state index >= 15 is 0 Å². The molecule has 0 heterocycles. The van der Waals surface area contributed by atoms with E-state index in [9.17, 15) is 9.59 Å². The van der Waals surface area contributed by atoms with Crippen molar-refractivity contribution in [1.29, 1.82) is 0 Å². The molecule has 0 aliphatic carbocycles. The normalized spacial score (nSPS) is 11.3. The zero-order valence-electron chi connectivity index (χ0n) is 13.6. The lowest BCUT2D eigenvalue weighted by molar-refractivity contribution is -0.115. The molecule has 0 saturated carbocycles. The lowest BCUT2D eigenvalue weighted by Crippen LogP contribution is -2.37. The molecule has 0 unspecified atom stereocenters. The van der Waals surface area contributed by atoms with Crippen molar-refractivity contribution in [2.24, 2.45) is 5.41 Å². The largest absolute Gasteiger partial charge is 0.303 e. The zero-order valence-corrected chi connectivity index (χ0v) is 14.4. The van der Waals surface area contributed by atoms with Crippen molar-refractivity contribution in [2.45, 2.75) is 58.1 Å². The maximum atomic E-state index is 11.6. The van der Waals surface area contributed by atoms with E-state index in [1.165, 1.54) is 0 Å². The Bertz CT molecular complexity index is 462. The molecule has 1 rings (SSSR count). The quantitative estimate of drug-likeness (QED) is 0.435. The first kappa shape index (κ1) is 18.9. The molecule has 112 valence electrons. The standard InChI is InChI=1S/C15H20O2S.C2H6/c1-11(17)12-8-6-7-9-13(12)18-15(4,5)14(2,3)10-16;1-2/h6-10H,1-5H3;1-2H3. The van der Waals surface area contributed by atoms with Crippen LogP contribution >= 0.6 is 11.8 Å². The maximum absolute atomic E-state index is 11.6. The summed E-state index contributed by atoms with van der Waals surface area (Å²) in [6, 6.07) is 7.54. The van der Waals surface area contributed by atoms with E-state index in [0.717, 1.165) is 16.7 Å². The molecular formula is C17H26O2S. The molecule has 0 bridgehead atoms. The smallest absolute Gasteiger partial charge is 0.160 e. The SMILES string of the molecule is CC.CC(=O)c1ccccc1SC(C)(C)C(C)(C)C=O. The minimum Gasteiger partial charge on any atom is -0.303 e. The summed E-state index contributed by atoms with van der Waals surface area (Å²) in [5, 5.41) is 0. The van der Waals surface area contributed by atoms with E-state index in [1.807, 2.05) is 65.8 Å². The van der Waals surface area contributed by atoms with Crippen molar-refractivity contribution < 1.29 is 9.59 Å². The van der Waals surface area contributed by atoms with Crippen LogP contribution in [0.2, 0.25) is 0 Å². The zero-order chi connectivity index (χ0) is 16.0. The molecular weight excluding hydrogens is 268 g/mol.